The molecule has 1 aliphatic heterocycles. The van der Waals surface area contributed by atoms with Crippen LogP contribution in [0.5, 0.6) is 0 Å². The van der Waals surface area contributed by atoms with Gasteiger partial charge in [0.1, 0.15) is 0 Å². The number of piperidine rings is 1. The zero-order chi connectivity index (χ0) is 19.6. The van der Waals surface area contributed by atoms with Crippen LogP contribution in [0.15, 0.2) is 18.2 Å². The molecule has 2 N–H and O–H groups in total. The molecule has 0 unspecified atom stereocenters. The van der Waals surface area contributed by atoms with Gasteiger partial charge in [0.2, 0.25) is 0 Å². The number of benzene rings is 1. The predicted molar refractivity (Wildman–Crippen MR) is 116 cm³/mol. The Bertz CT molecular complexity index is 783. The molecule has 1 fully saturated rings. The van der Waals surface area contributed by atoms with Gasteiger partial charge in [-0.2, -0.15) is 0 Å². The highest BCUT2D eigenvalue weighted by atomic mass is 35.5. The van der Waals surface area contributed by atoms with Crippen molar-refractivity contribution in [2.24, 2.45) is 0 Å². The van der Waals surface area contributed by atoms with Crippen molar-refractivity contribution in [2.75, 3.05) is 18.4 Å². The monoisotopic (exact) mass is 405 g/mol. The molecular weight excluding hydrogens is 374 g/mol. The number of halogens is 1. The Labute approximate surface area is 173 Å². The molecule has 0 bridgehead atoms. The van der Waals surface area contributed by atoms with E-state index in [1.54, 1.807) is 0 Å². The first kappa shape index (κ1) is 22.4. The van der Waals surface area contributed by atoms with Crippen molar-refractivity contribution in [3.8, 4) is 0 Å². The molecule has 1 saturated heterocycles. The van der Waals surface area contributed by atoms with Crippen LogP contribution in [-0.4, -0.2) is 34.0 Å². The molecule has 2 heterocycles. The minimum Gasteiger partial charge on any atom is -0.320 e. The molecule has 1 aromatic heterocycles. The standard InChI is InChI=1S/C21H31N5O.ClH/c1-13(2)17-7-6-8-18(14(3)4)20(17)23-21(27)19-15(5)26(25-24-19)16-9-11-22-12-10-16;/h6-8,13-14,16,22H,9-12H2,1-5H3,(H,23,27);1H. The van der Waals surface area contributed by atoms with E-state index in [-0.39, 0.29) is 18.3 Å². The maximum atomic E-state index is 13.0. The van der Waals surface area contributed by atoms with Crippen LogP contribution >= 0.6 is 12.4 Å². The number of aromatic nitrogens is 3. The maximum absolute atomic E-state index is 13.0. The summed E-state index contributed by atoms with van der Waals surface area (Å²) in [4.78, 5) is 13.0. The lowest BCUT2D eigenvalue weighted by Gasteiger charge is -2.23. The van der Waals surface area contributed by atoms with Crippen molar-refractivity contribution < 1.29 is 4.79 Å². The summed E-state index contributed by atoms with van der Waals surface area (Å²) in [6.45, 7) is 12.5. The highest BCUT2D eigenvalue weighted by molar-refractivity contribution is 6.04. The molecule has 0 saturated carbocycles. The number of para-hydroxylation sites is 1. The average Bonchev–Trinajstić information content (AvgIpc) is 3.03. The number of hydrogen-bond acceptors (Lipinski definition) is 4. The average molecular weight is 406 g/mol. The van der Waals surface area contributed by atoms with E-state index in [4.69, 9.17) is 0 Å². The summed E-state index contributed by atoms with van der Waals surface area (Å²) in [5.41, 5.74) is 4.48. The second kappa shape index (κ2) is 9.52. The van der Waals surface area contributed by atoms with E-state index in [9.17, 15) is 4.79 Å². The van der Waals surface area contributed by atoms with Crippen LogP contribution in [0.1, 0.15) is 85.7 Å². The minimum atomic E-state index is -0.178. The van der Waals surface area contributed by atoms with E-state index >= 15 is 0 Å². The number of hydrogen-bond donors (Lipinski definition) is 2. The number of anilines is 1. The number of carbonyl (C=O) groups excluding carboxylic acids is 1. The lowest BCUT2D eigenvalue weighted by molar-refractivity contribution is 0.102. The predicted octanol–water partition coefficient (Wildman–Crippen LogP) is 4.43. The molecule has 3 rings (SSSR count). The summed E-state index contributed by atoms with van der Waals surface area (Å²) in [7, 11) is 0. The van der Waals surface area contributed by atoms with Gasteiger partial charge in [-0.3, -0.25) is 4.79 Å². The Morgan fingerprint density at radius 2 is 1.71 bits per heavy atom. The molecule has 28 heavy (non-hydrogen) atoms. The van der Waals surface area contributed by atoms with Gasteiger partial charge in [0.25, 0.3) is 5.91 Å². The number of carbonyl (C=O) groups is 1. The van der Waals surface area contributed by atoms with Gasteiger partial charge in [-0.25, -0.2) is 4.68 Å². The van der Waals surface area contributed by atoms with E-state index in [1.165, 1.54) is 0 Å². The maximum Gasteiger partial charge on any atom is 0.278 e. The van der Waals surface area contributed by atoms with Gasteiger partial charge in [0.05, 0.1) is 11.7 Å². The molecule has 7 heteroatoms. The Hall–Kier alpha value is -1.92. The minimum absolute atomic E-state index is 0. The van der Waals surface area contributed by atoms with E-state index < -0.39 is 0 Å². The third kappa shape index (κ3) is 4.55. The summed E-state index contributed by atoms with van der Waals surface area (Å²) in [6, 6.07) is 6.56. The van der Waals surface area contributed by atoms with Crippen molar-refractivity contribution in [1.82, 2.24) is 20.3 Å². The molecule has 0 radical (unpaired) electrons. The number of nitrogens with one attached hydrogen (secondary N) is 2. The zero-order valence-electron chi connectivity index (χ0n) is 17.5. The topological polar surface area (TPSA) is 71.8 Å². The molecule has 1 aliphatic rings. The second-order valence-corrected chi connectivity index (χ2v) is 8.02. The summed E-state index contributed by atoms with van der Waals surface area (Å²) in [5.74, 6) is 0.471. The van der Waals surface area contributed by atoms with Crippen LogP contribution in [0.3, 0.4) is 0 Å². The Balaban J connectivity index is 0.00000280. The third-order valence-corrected chi connectivity index (χ3v) is 5.41. The van der Waals surface area contributed by atoms with Crippen LogP contribution in [0.25, 0.3) is 0 Å². The lowest BCUT2D eigenvalue weighted by Crippen LogP contribution is -2.30. The number of amides is 1. The van der Waals surface area contributed by atoms with Crippen LogP contribution < -0.4 is 10.6 Å². The Morgan fingerprint density at radius 1 is 1.14 bits per heavy atom. The van der Waals surface area contributed by atoms with Gasteiger partial charge in [-0.15, -0.1) is 17.5 Å². The number of rotatable bonds is 5. The summed E-state index contributed by atoms with van der Waals surface area (Å²) < 4.78 is 1.92. The fourth-order valence-electron chi connectivity index (χ4n) is 3.82. The molecule has 2 aromatic rings. The van der Waals surface area contributed by atoms with Crippen LogP contribution in [0.2, 0.25) is 0 Å². The fraction of sp³-hybridized carbons (Fsp3) is 0.571. The molecule has 0 aliphatic carbocycles. The van der Waals surface area contributed by atoms with Crippen molar-refractivity contribution in [2.45, 2.75) is 65.3 Å². The van der Waals surface area contributed by atoms with Gasteiger partial charge in [-0.05, 0) is 55.8 Å². The van der Waals surface area contributed by atoms with Crippen LogP contribution in [0, 0.1) is 6.92 Å². The molecular formula is C21H32ClN5O. The Morgan fingerprint density at radius 3 is 2.25 bits per heavy atom. The highest BCUT2D eigenvalue weighted by Gasteiger charge is 2.24. The summed E-state index contributed by atoms with van der Waals surface area (Å²) in [5, 5.41) is 15.0. The first-order valence-corrected chi connectivity index (χ1v) is 9.96. The van der Waals surface area contributed by atoms with Gasteiger partial charge < -0.3 is 10.6 Å². The Kier molecular flexibility index (Phi) is 7.61. The molecule has 1 amide bonds. The number of nitrogens with zero attached hydrogens (tertiary/aromatic N) is 3. The normalized spacial score (nSPS) is 15.0. The third-order valence-electron chi connectivity index (χ3n) is 5.41. The molecule has 1 aromatic carbocycles. The smallest absolute Gasteiger partial charge is 0.278 e. The second-order valence-electron chi connectivity index (χ2n) is 8.02. The van der Waals surface area contributed by atoms with Crippen molar-refractivity contribution >= 4 is 24.0 Å². The first-order chi connectivity index (χ1) is 12.9. The molecule has 154 valence electrons. The fourth-order valence-corrected chi connectivity index (χ4v) is 3.82. The molecule has 0 atom stereocenters. The highest BCUT2D eigenvalue weighted by Crippen LogP contribution is 2.33. The largest absolute Gasteiger partial charge is 0.320 e. The zero-order valence-corrected chi connectivity index (χ0v) is 18.3. The van der Waals surface area contributed by atoms with Crippen molar-refractivity contribution in [1.29, 1.82) is 0 Å². The van der Waals surface area contributed by atoms with E-state index in [1.807, 2.05) is 11.6 Å². The van der Waals surface area contributed by atoms with E-state index in [0.29, 0.717) is 23.6 Å². The van der Waals surface area contributed by atoms with Gasteiger partial charge in [0, 0.05) is 5.69 Å². The first-order valence-electron chi connectivity index (χ1n) is 9.96. The van der Waals surface area contributed by atoms with Crippen LogP contribution in [0.4, 0.5) is 5.69 Å². The van der Waals surface area contributed by atoms with Crippen molar-refractivity contribution in [3.05, 3.63) is 40.7 Å². The van der Waals surface area contributed by atoms with Gasteiger partial charge in [0.15, 0.2) is 5.69 Å². The summed E-state index contributed by atoms with van der Waals surface area (Å²) >= 11 is 0. The summed E-state index contributed by atoms with van der Waals surface area (Å²) in [6.07, 6.45) is 2.03. The lowest BCUT2D eigenvalue weighted by atomic mass is 9.92. The quantitative estimate of drug-likeness (QED) is 0.771. The van der Waals surface area contributed by atoms with Crippen molar-refractivity contribution in [3.63, 3.8) is 0 Å². The van der Waals surface area contributed by atoms with Gasteiger partial charge in [-0.1, -0.05) is 51.1 Å². The SMILES string of the molecule is Cc1c(C(=O)Nc2c(C(C)C)cccc2C(C)C)nnn1C1CCNCC1.Cl. The van der Waals surface area contributed by atoms with E-state index in [0.717, 1.165) is 48.4 Å². The molecule has 6 nitrogen and oxygen atoms in total. The van der Waals surface area contributed by atoms with Crippen LogP contribution in [-0.2, 0) is 0 Å². The van der Waals surface area contributed by atoms with E-state index in [2.05, 4.69) is 66.8 Å². The van der Waals surface area contributed by atoms with Gasteiger partial charge >= 0.3 is 0 Å². The molecule has 0 spiro atoms.